The molecule has 0 spiro atoms. The van der Waals surface area contributed by atoms with Gasteiger partial charge in [0.15, 0.2) is 0 Å². The van der Waals surface area contributed by atoms with Crippen molar-refractivity contribution in [2.45, 2.75) is 21.3 Å². The van der Waals surface area contributed by atoms with Crippen LogP contribution in [-0.2, 0) is 11.5 Å². The first kappa shape index (κ1) is 36.8. The first-order valence-electron chi connectivity index (χ1n) is 18.9. The minimum Gasteiger partial charge on any atom is -0.355 e. The SMILES string of the molecule is C(=C\c1ccc(Nc2cccc(SCc3ccccc3)c2-c2ccccc2)cc1)/c1ccc(Nc2cccc(SCc3ccccc3)c2-c2ccccc2)cc1. The van der Waals surface area contributed by atoms with Gasteiger partial charge >= 0.3 is 0 Å². The van der Waals surface area contributed by atoms with Gasteiger partial charge in [0.25, 0.3) is 0 Å². The Morgan fingerprint density at radius 2 is 0.696 bits per heavy atom. The fourth-order valence-corrected chi connectivity index (χ4v) is 8.77. The zero-order valence-corrected chi connectivity index (χ0v) is 32.6. The molecule has 272 valence electrons. The van der Waals surface area contributed by atoms with Crippen LogP contribution in [0.25, 0.3) is 34.4 Å². The van der Waals surface area contributed by atoms with Crippen LogP contribution in [0.1, 0.15) is 22.3 Å². The van der Waals surface area contributed by atoms with E-state index in [0.717, 1.165) is 45.4 Å². The molecule has 8 aromatic rings. The van der Waals surface area contributed by atoms with Gasteiger partial charge in [0, 0.05) is 55.2 Å². The van der Waals surface area contributed by atoms with Crippen molar-refractivity contribution >= 4 is 58.4 Å². The van der Waals surface area contributed by atoms with E-state index in [9.17, 15) is 0 Å². The highest BCUT2D eigenvalue weighted by atomic mass is 32.2. The van der Waals surface area contributed by atoms with E-state index in [4.69, 9.17) is 0 Å². The molecule has 4 heteroatoms. The Kier molecular flexibility index (Phi) is 12.1. The van der Waals surface area contributed by atoms with Gasteiger partial charge in [-0.15, -0.1) is 23.5 Å². The molecule has 2 N–H and O–H groups in total. The minimum atomic E-state index is 0.919. The van der Waals surface area contributed by atoms with Gasteiger partial charge in [-0.3, -0.25) is 0 Å². The Morgan fingerprint density at radius 1 is 0.339 bits per heavy atom. The lowest BCUT2D eigenvalue weighted by Gasteiger charge is -2.17. The van der Waals surface area contributed by atoms with E-state index < -0.39 is 0 Å². The van der Waals surface area contributed by atoms with Crippen molar-refractivity contribution in [3.63, 3.8) is 0 Å². The standard InChI is InChI=1S/C52H42N2S2/c1-5-15-41(16-6-1)37-55-49-25-13-23-47(51(49)43-19-9-3-10-20-43)53-45-33-29-39(30-34-45)27-28-40-31-35-46(36-32-40)54-48-24-14-26-50(52(48)44-21-11-4-12-22-44)56-38-42-17-7-2-8-18-42/h1-36,53-54H,37-38H2/b28-27+. The Hall–Kier alpha value is -6.20. The van der Waals surface area contributed by atoms with Gasteiger partial charge in [0.2, 0.25) is 0 Å². The maximum absolute atomic E-state index is 3.72. The lowest BCUT2D eigenvalue weighted by molar-refractivity contribution is 1.37. The summed E-state index contributed by atoms with van der Waals surface area (Å²) in [4.78, 5) is 2.52. The molecular weight excluding hydrogens is 717 g/mol. The second-order valence-electron chi connectivity index (χ2n) is 13.5. The minimum absolute atomic E-state index is 0.919. The van der Waals surface area contributed by atoms with Crippen molar-refractivity contribution in [1.29, 1.82) is 0 Å². The molecule has 2 nitrogen and oxygen atoms in total. The highest BCUT2D eigenvalue weighted by Gasteiger charge is 2.14. The van der Waals surface area contributed by atoms with Crippen molar-refractivity contribution in [3.8, 4) is 22.3 Å². The third kappa shape index (κ3) is 9.53. The summed E-state index contributed by atoms with van der Waals surface area (Å²) in [5, 5.41) is 7.45. The Labute approximate surface area is 339 Å². The number of hydrogen-bond acceptors (Lipinski definition) is 4. The molecule has 0 bridgehead atoms. The van der Waals surface area contributed by atoms with Crippen LogP contribution in [0.2, 0.25) is 0 Å². The second-order valence-corrected chi connectivity index (χ2v) is 15.5. The maximum Gasteiger partial charge on any atom is 0.0475 e. The molecule has 0 radical (unpaired) electrons. The summed E-state index contributed by atoms with van der Waals surface area (Å²) in [5.41, 5.74) is 14.1. The van der Waals surface area contributed by atoms with Crippen LogP contribution in [-0.4, -0.2) is 0 Å². The summed E-state index contributed by atoms with van der Waals surface area (Å²) in [5.74, 6) is 1.84. The molecule has 0 aromatic heterocycles. The van der Waals surface area contributed by atoms with Crippen molar-refractivity contribution in [3.05, 3.63) is 229 Å². The summed E-state index contributed by atoms with van der Waals surface area (Å²) < 4.78 is 0. The Bertz CT molecular complexity index is 2310. The second kappa shape index (κ2) is 18.4. The van der Waals surface area contributed by atoms with Gasteiger partial charge in [0.05, 0.1) is 0 Å². The van der Waals surface area contributed by atoms with Crippen molar-refractivity contribution in [1.82, 2.24) is 0 Å². The van der Waals surface area contributed by atoms with Gasteiger partial charge in [-0.2, -0.15) is 0 Å². The van der Waals surface area contributed by atoms with E-state index in [0.29, 0.717) is 0 Å². The highest BCUT2D eigenvalue weighted by Crippen LogP contribution is 2.41. The zero-order valence-electron chi connectivity index (χ0n) is 31.0. The maximum atomic E-state index is 3.72. The quantitative estimate of drug-likeness (QED) is 0.0852. The molecule has 0 aliphatic heterocycles. The third-order valence-electron chi connectivity index (χ3n) is 9.50. The molecule has 8 aromatic carbocycles. The van der Waals surface area contributed by atoms with Crippen LogP contribution in [0.5, 0.6) is 0 Å². The molecule has 0 fully saturated rings. The van der Waals surface area contributed by atoms with E-state index in [1.807, 2.05) is 23.5 Å². The monoisotopic (exact) mass is 758 g/mol. The summed E-state index contributed by atoms with van der Waals surface area (Å²) >= 11 is 3.75. The number of nitrogens with one attached hydrogen (secondary N) is 2. The topological polar surface area (TPSA) is 24.1 Å². The van der Waals surface area contributed by atoms with Gasteiger partial charge in [-0.25, -0.2) is 0 Å². The molecule has 0 aliphatic rings. The molecule has 56 heavy (non-hydrogen) atoms. The number of thioether (sulfide) groups is 2. The van der Waals surface area contributed by atoms with Gasteiger partial charge in [-0.1, -0.05) is 170 Å². The number of anilines is 4. The Morgan fingerprint density at radius 3 is 1.07 bits per heavy atom. The van der Waals surface area contributed by atoms with Crippen molar-refractivity contribution < 1.29 is 0 Å². The number of rotatable bonds is 14. The molecule has 0 saturated heterocycles. The third-order valence-corrected chi connectivity index (χ3v) is 11.8. The lowest BCUT2D eigenvalue weighted by Crippen LogP contribution is -1.95. The van der Waals surface area contributed by atoms with E-state index in [2.05, 4.69) is 229 Å². The fourth-order valence-electron chi connectivity index (χ4n) is 6.65. The average Bonchev–Trinajstić information content (AvgIpc) is 3.26. The van der Waals surface area contributed by atoms with Crippen LogP contribution in [0.4, 0.5) is 22.7 Å². The highest BCUT2D eigenvalue weighted by molar-refractivity contribution is 7.99. The van der Waals surface area contributed by atoms with Gasteiger partial charge in [-0.05, 0) is 81.9 Å². The zero-order chi connectivity index (χ0) is 37.8. The predicted molar refractivity (Wildman–Crippen MR) is 244 cm³/mol. The van der Waals surface area contributed by atoms with Crippen LogP contribution in [0, 0.1) is 0 Å². The molecule has 8 rings (SSSR count). The van der Waals surface area contributed by atoms with Crippen LogP contribution < -0.4 is 10.6 Å². The Balaban J connectivity index is 0.949. The molecule has 0 aliphatic carbocycles. The van der Waals surface area contributed by atoms with Crippen LogP contribution in [0.15, 0.2) is 216 Å². The summed E-state index contributed by atoms with van der Waals surface area (Å²) in [6.45, 7) is 0. The fraction of sp³-hybridized carbons (Fsp3) is 0.0385. The smallest absolute Gasteiger partial charge is 0.0475 e. The predicted octanol–water partition coefficient (Wildman–Crippen LogP) is 15.3. The summed E-state index contributed by atoms with van der Waals surface area (Å²) in [7, 11) is 0. The van der Waals surface area contributed by atoms with E-state index in [1.165, 1.54) is 43.2 Å². The van der Waals surface area contributed by atoms with Gasteiger partial charge < -0.3 is 10.6 Å². The van der Waals surface area contributed by atoms with E-state index in [-0.39, 0.29) is 0 Å². The van der Waals surface area contributed by atoms with Gasteiger partial charge in [0.1, 0.15) is 0 Å². The molecule has 0 amide bonds. The molecule has 0 heterocycles. The van der Waals surface area contributed by atoms with E-state index in [1.54, 1.807) is 0 Å². The number of benzene rings is 8. The first-order chi connectivity index (χ1) is 27.7. The normalized spacial score (nSPS) is 11.1. The average molecular weight is 759 g/mol. The van der Waals surface area contributed by atoms with Crippen molar-refractivity contribution in [2.75, 3.05) is 10.6 Å². The largest absolute Gasteiger partial charge is 0.355 e. The van der Waals surface area contributed by atoms with E-state index >= 15 is 0 Å². The molecule has 0 unspecified atom stereocenters. The number of hydrogen-bond donors (Lipinski definition) is 2. The molecular formula is C52H42N2S2. The van der Waals surface area contributed by atoms with Crippen LogP contribution >= 0.6 is 23.5 Å². The first-order valence-corrected chi connectivity index (χ1v) is 20.8. The van der Waals surface area contributed by atoms with Crippen LogP contribution in [0.3, 0.4) is 0 Å². The van der Waals surface area contributed by atoms with Crippen molar-refractivity contribution in [2.24, 2.45) is 0 Å². The molecule has 0 saturated carbocycles. The lowest BCUT2D eigenvalue weighted by atomic mass is 10.0. The summed E-state index contributed by atoms with van der Waals surface area (Å²) in [6, 6.07) is 73.0. The summed E-state index contributed by atoms with van der Waals surface area (Å²) in [6.07, 6.45) is 4.34. The molecule has 0 atom stereocenters.